The van der Waals surface area contributed by atoms with Gasteiger partial charge in [0.15, 0.2) is 0 Å². The standard InChI is InChI=1S/C22H20N4O3S/c1-14-7-8-18(30(28,29)26-20-6-4-3-5-15(20)2)12-19(14)22(27)25-17-11-16-9-10-23-21(16)24-13-17/h3-13,26H,1-2H3,(H,23,24)(H,25,27). The summed E-state index contributed by atoms with van der Waals surface area (Å²) < 4.78 is 28.3. The average molecular weight is 420 g/mol. The number of carbonyl (C=O) groups is 1. The van der Waals surface area contributed by atoms with Crippen LogP contribution in [-0.4, -0.2) is 24.3 Å². The number of anilines is 2. The Bertz CT molecular complexity index is 1360. The van der Waals surface area contributed by atoms with E-state index in [2.05, 4.69) is 20.0 Å². The number of sulfonamides is 1. The molecule has 30 heavy (non-hydrogen) atoms. The number of amides is 1. The molecule has 0 saturated carbocycles. The van der Waals surface area contributed by atoms with E-state index in [1.54, 1.807) is 43.6 Å². The molecule has 152 valence electrons. The number of aromatic amines is 1. The van der Waals surface area contributed by atoms with Crippen molar-refractivity contribution in [1.82, 2.24) is 9.97 Å². The Morgan fingerprint density at radius 2 is 1.80 bits per heavy atom. The lowest BCUT2D eigenvalue weighted by Gasteiger charge is -2.13. The van der Waals surface area contributed by atoms with Crippen LogP contribution < -0.4 is 10.0 Å². The van der Waals surface area contributed by atoms with Gasteiger partial charge < -0.3 is 10.3 Å². The van der Waals surface area contributed by atoms with Gasteiger partial charge in [-0.25, -0.2) is 13.4 Å². The molecule has 0 radical (unpaired) electrons. The molecule has 0 unspecified atom stereocenters. The maximum absolute atomic E-state index is 12.9. The predicted octanol–water partition coefficient (Wildman–Crippen LogP) is 4.23. The third-order valence-electron chi connectivity index (χ3n) is 4.81. The first kappa shape index (κ1) is 19.7. The van der Waals surface area contributed by atoms with Crippen LogP contribution in [0, 0.1) is 13.8 Å². The summed E-state index contributed by atoms with van der Waals surface area (Å²) in [7, 11) is -3.85. The number of benzene rings is 2. The van der Waals surface area contributed by atoms with Crippen LogP contribution in [0.2, 0.25) is 0 Å². The fourth-order valence-electron chi connectivity index (χ4n) is 3.11. The van der Waals surface area contributed by atoms with Gasteiger partial charge in [0.1, 0.15) is 5.65 Å². The first-order chi connectivity index (χ1) is 14.3. The van der Waals surface area contributed by atoms with Crippen LogP contribution in [-0.2, 0) is 10.0 Å². The monoisotopic (exact) mass is 420 g/mol. The van der Waals surface area contributed by atoms with Crippen molar-refractivity contribution in [3.05, 3.63) is 83.7 Å². The van der Waals surface area contributed by atoms with E-state index in [0.29, 0.717) is 16.9 Å². The number of nitrogens with one attached hydrogen (secondary N) is 3. The van der Waals surface area contributed by atoms with Crippen molar-refractivity contribution in [2.24, 2.45) is 0 Å². The number of nitrogens with zero attached hydrogens (tertiary/aromatic N) is 1. The van der Waals surface area contributed by atoms with Crippen LogP contribution in [0.1, 0.15) is 21.5 Å². The molecule has 0 aliphatic carbocycles. The Hall–Kier alpha value is -3.65. The number of hydrogen-bond acceptors (Lipinski definition) is 4. The molecule has 2 aromatic heterocycles. The van der Waals surface area contributed by atoms with Crippen LogP contribution in [0.3, 0.4) is 0 Å². The predicted molar refractivity (Wildman–Crippen MR) is 117 cm³/mol. The molecule has 0 atom stereocenters. The summed E-state index contributed by atoms with van der Waals surface area (Å²) in [5, 5.41) is 3.65. The lowest BCUT2D eigenvalue weighted by molar-refractivity contribution is 0.102. The SMILES string of the molecule is Cc1ccccc1NS(=O)(=O)c1ccc(C)c(C(=O)Nc2cnc3[nH]ccc3c2)c1. The van der Waals surface area contributed by atoms with Gasteiger partial charge in [-0.1, -0.05) is 24.3 Å². The normalized spacial score (nSPS) is 11.4. The van der Waals surface area contributed by atoms with Crippen molar-refractivity contribution < 1.29 is 13.2 Å². The van der Waals surface area contributed by atoms with E-state index >= 15 is 0 Å². The van der Waals surface area contributed by atoms with E-state index in [9.17, 15) is 13.2 Å². The lowest BCUT2D eigenvalue weighted by atomic mass is 10.1. The zero-order valence-corrected chi connectivity index (χ0v) is 17.2. The molecule has 0 fully saturated rings. The highest BCUT2D eigenvalue weighted by Gasteiger charge is 2.19. The van der Waals surface area contributed by atoms with Crippen LogP contribution in [0.5, 0.6) is 0 Å². The van der Waals surface area contributed by atoms with Gasteiger partial charge in [0, 0.05) is 17.1 Å². The number of hydrogen-bond donors (Lipinski definition) is 3. The number of aromatic nitrogens is 2. The van der Waals surface area contributed by atoms with E-state index in [0.717, 1.165) is 16.6 Å². The highest BCUT2D eigenvalue weighted by molar-refractivity contribution is 7.92. The Labute approximate surface area is 174 Å². The minimum absolute atomic E-state index is 0.0146. The highest BCUT2D eigenvalue weighted by atomic mass is 32.2. The summed E-state index contributed by atoms with van der Waals surface area (Å²) >= 11 is 0. The van der Waals surface area contributed by atoms with Gasteiger partial charge >= 0.3 is 0 Å². The molecular weight excluding hydrogens is 400 g/mol. The molecule has 1 amide bonds. The maximum atomic E-state index is 12.9. The lowest BCUT2D eigenvalue weighted by Crippen LogP contribution is -2.17. The van der Waals surface area contributed by atoms with Crippen molar-refractivity contribution in [3.63, 3.8) is 0 Å². The van der Waals surface area contributed by atoms with Crippen molar-refractivity contribution in [1.29, 1.82) is 0 Å². The summed E-state index contributed by atoms with van der Waals surface area (Å²) in [5.41, 5.74) is 3.49. The smallest absolute Gasteiger partial charge is 0.261 e. The Morgan fingerprint density at radius 1 is 1.00 bits per heavy atom. The topological polar surface area (TPSA) is 104 Å². The van der Waals surface area contributed by atoms with Gasteiger partial charge in [0.2, 0.25) is 0 Å². The Balaban J connectivity index is 1.62. The summed E-state index contributed by atoms with van der Waals surface area (Å²) in [6, 6.07) is 15.2. The number of aryl methyl sites for hydroxylation is 2. The van der Waals surface area contributed by atoms with Gasteiger partial charge in [0.05, 0.1) is 22.5 Å². The number of para-hydroxylation sites is 1. The van der Waals surface area contributed by atoms with Crippen molar-refractivity contribution >= 4 is 38.3 Å². The molecule has 4 rings (SSSR count). The molecule has 0 aliphatic rings. The second kappa shape index (κ2) is 7.64. The summed E-state index contributed by atoms with van der Waals surface area (Å²) in [6.45, 7) is 3.58. The molecule has 3 N–H and O–H groups in total. The molecule has 7 nitrogen and oxygen atoms in total. The third kappa shape index (κ3) is 3.90. The van der Waals surface area contributed by atoms with Crippen LogP contribution in [0.15, 0.2) is 71.9 Å². The molecule has 8 heteroatoms. The molecule has 0 spiro atoms. The summed E-state index contributed by atoms with van der Waals surface area (Å²) in [6.07, 6.45) is 3.32. The largest absolute Gasteiger partial charge is 0.346 e. The number of rotatable bonds is 5. The molecular formula is C22H20N4O3S. The second-order valence-electron chi connectivity index (χ2n) is 6.99. The fourth-order valence-corrected chi connectivity index (χ4v) is 4.27. The molecule has 0 aliphatic heterocycles. The van der Waals surface area contributed by atoms with E-state index < -0.39 is 15.9 Å². The van der Waals surface area contributed by atoms with Crippen LogP contribution >= 0.6 is 0 Å². The zero-order chi connectivity index (χ0) is 21.3. The van der Waals surface area contributed by atoms with Gasteiger partial charge in [-0.15, -0.1) is 0 Å². The Morgan fingerprint density at radius 3 is 2.60 bits per heavy atom. The first-order valence-corrected chi connectivity index (χ1v) is 10.8. The van der Waals surface area contributed by atoms with Gasteiger partial charge in [-0.3, -0.25) is 9.52 Å². The van der Waals surface area contributed by atoms with Crippen molar-refractivity contribution in [2.75, 3.05) is 10.0 Å². The maximum Gasteiger partial charge on any atom is 0.261 e. The minimum atomic E-state index is -3.85. The van der Waals surface area contributed by atoms with E-state index in [4.69, 9.17) is 0 Å². The average Bonchev–Trinajstić information content (AvgIpc) is 3.17. The van der Waals surface area contributed by atoms with Crippen molar-refractivity contribution in [2.45, 2.75) is 18.7 Å². The highest BCUT2D eigenvalue weighted by Crippen LogP contribution is 2.22. The van der Waals surface area contributed by atoms with Crippen LogP contribution in [0.4, 0.5) is 11.4 Å². The third-order valence-corrected chi connectivity index (χ3v) is 6.17. The molecule has 0 bridgehead atoms. The zero-order valence-electron chi connectivity index (χ0n) is 16.4. The van der Waals surface area contributed by atoms with Crippen LogP contribution in [0.25, 0.3) is 11.0 Å². The Kier molecular flexibility index (Phi) is 5.01. The minimum Gasteiger partial charge on any atom is -0.346 e. The van der Waals surface area contributed by atoms with Crippen molar-refractivity contribution in [3.8, 4) is 0 Å². The number of pyridine rings is 1. The summed E-state index contributed by atoms with van der Waals surface area (Å²) in [4.78, 5) is 20.1. The fraction of sp³-hybridized carbons (Fsp3) is 0.0909. The van der Waals surface area contributed by atoms with E-state index in [1.807, 2.05) is 25.1 Å². The quantitative estimate of drug-likeness (QED) is 0.449. The number of carbonyl (C=O) groups excluding carboxylic acids is 1. The van der Waals surface area contributed by atoms with E-state index in [1.165, 1.54) is 12.1 Å². The first-order valence-electron chi connectivity index (χ1n) is 9.27. The molecule has 2 heterocycles. The second-order valence-corrected chi connectivity index (χ2v) is 8.67. The number of H-pyrrole nitrogens is 1. The van der Waals surface area contributed by atoms with Gasteiger partial charge in [0.25, 0.3) is 15.9 Å². The van der Waals surface area contributed by atoms with E-state index in [-0.39, 0.29) is 10.5 Å². The number of fused-ring (bicyclic) bond motifs is 1. The van der Waals surface area contributed by atoms with Gasteiger partial charge in [-0.2, -0.15) is 0 Å². The summed E-state index contributed by atoms with van der Waals surface area (Å²) in [5.74, 6) is -0.405. The molecule has 4 aromatic rings. The van der Waals surface area contributed by atoms with Gasteiger partial charge in [-0.05, 0) is 55.3 Å². The molecule has 0 saturated heterocycles. The molecule has 2 aromatic carbocycles.